The maximum Gasteiger partial charge on any atom is 0.146 e. The summed E-state index contributed by atoms with van der Waals surface area (Å²) in [5.74, 6) is 0.190. The number of hydrogen-bond acceptors (Lipinski definition) is 2. The monoisotopic (exact) mass is 343 g/mol. The number of halogens is 1. The molecule has 0 N–H and O–H groups in total. The molecule has 1 heterocycles. The highest BCUT2D eigenvalue weighted by molar-refractivity contribution is 5.89. The molecule has 1 saturated heterocycles. The molecule has 0 saturated carbocycles. The Morgan fingerprint density at radius 3 is 1.83 bits per heavy atom. The molecule has 1 aliphatic heterocycles. The van der Waals surface area contributed by atoms with E-state index in [0.717, 1.165) is 30.8 Å². The average molecular weight is 344 g/mol. The molecule has 0 atom stereocenters. The standard InChI is InChI=1S/C21H25NO.ClH/c23-20(14-17-22-15-8-3-9-16-22)21(18-10-4-1-5-11-18)19-12-6-2-7-13-19;/h1-2,4-7,10-13,21H,3,8-9,14-17H2;1H. The first-order chi connectivity index (χ1) is 11.3. The second kappa shape index (κ2) is 9.61. The summed E-state index contributed by atoms with van der Waals surface area (Å²) in [6, 6.07) is 20.3. The van der Waals surface area contributed by atoms with Crippen molar-refractivity contribution in [1.82, 2.24) is 4.90 Å². The largest absolute Gasteiger partial charge is 0.303 e. The number of carbonyl (C=O) groups is 1. The fourth-order valence-corrected chi connectivity index (χ4v) is 3.45. The summed E-state index contributed by atoms with van der Waals surface area (Å²) in [6.45, 7) is 3.19. The molecule has 1 aliphatic rings. The predicted octanol–water partition coefficient (Wildman–Crippen LogP) is 4.69. The summed E-state index contributed by atoms with van der Waals surface area (Å²) in [7, 11) is 0. The van der Waals surface area contributed by atoms with Gasteiger partial charge in [-0.1, -0.05) is 67.1 Å². The van der Waals surface area contributed by atoms with Gasteiger partial charge in [-0.15, -0.1) is 12.4 Å². The van der Waals surface area contributed by atoms with Gasteiger partial charge in [0.05, 0.1) is 5.92 Å². The third-order valence-corrected chi connectivity index (χ3v) is 4.71. The van der Waals surface area contributed by atoms with Crippen LogP contribution in [0.25, 0.3) is 0 Å². The topological polar surface area (TPSA) is 20.3 Å². The molecule has 1 fully saturated rings. The molecule has 2 aromatic carbocycles. The highest BCUT2D eigenvalue weighted by Crippen LogP contribution is 2.27. The number of piperidine rings is 1. The summed E-state index contributed by atoms with van der Waals surface area (Å²) in [5.41, 5.74) is 2.20. The predicted molar refractivity (Wildman–Crippen MR) is 102 cm³/mol. The van der Waals surface area contributed by atoms with Gasteiger partial charge in [0.15, 0.2) is 0 Å². The van der Waals surface area contributed by atoms with Crippen molar-refractivity contribution in [3.05, 3.63) is 71.8 Å². The molecular weight excluding hydrogens is 318 g/mol. The van der Waals surface area contributed by atoms with Crippen molar-refractivity contribution in [3.8, 4) is 0 Å². The maximum atomic E-state index is 13.0. The smallest absolute Gasteiger partial charge is 0.146 e. The lowest BCUT2D eigenvalue weighted by molar-refractivity contribution is -0.120. The van der Waals surface area contributed by atoms with E-state index in [0.29, 0.717) is 12.2 Å². The minimum absolute atomic E-state index is 0. The minimum atomic E-state index is -0.137. The van der Waals surface area contributed by atoms with Crippen molar-refractivity contribution < 1.29 is 4.79 Å². The summed E-state index contributed by atoms with van der Waals surface area (Å²) in [6.07, 6.45) is 4.51. The zero-order chi connectivity index (χ0) is 15.9. The van der Waals surface area contributed by atoms with Crippen molar-refractivity contribution in [2.45, 2.75) is 31.6 Å². The van der Waals surface area contributed by atoms with Crippen LogP contribution >= 0.6 is 12.4 Å². The van der Waals surface area contributed by atoms with E-state index in [1.807, 2.05) is 36.4 Å². The average Bonchev–Trinajstić information content (AvgIpc) is 2.63. The molecule has 24 heavy (non-hydrogen) atoms. The molecule has 3 rings (SSSR count). The lowest BCUT2D eigenvalue weighted by Crippen LogP contribution is -2.32. The Kier molecular flexibility index (Phi) is 7.48. The molecule has 0 aromatic heterocycles. The van der Waals surface area contributed by atoms with Crippen LogP contribution in [0.4, 0.5) is 0 Å². The van der Waals surface area contributed by atoms with Crippen LogP contribution in [0.5, 0.6) is 0 Å². The molecule has 2 nitrogen and oxygen atoms in total. The van der Waals surface area contributed by atoms with Crippen molar-refractivity contribution in [2.24, 2.45) is 0 Å². The van der Waals surface area contributed by atoms with Gasteiger partial charge >= 0.3 is 0 Å². The van der Waals surface area contributed by atoms with Crippen molar-refractivity contribution in [2.75, 3.05) is 19.6 Å². The van der Waals surface area contributed by atoms with Crippen molar-refractivity contribution in [1.29, 1.82) is 0 Å². The Bertz CT molecular complexity index is 569. The first-order valence-electron chi connectivity index (χ1n) is 8.69. The van der Waals surface area contributed by atoms with Gasteiger partial charge in [0.2, 0.25) is 0 Å². The van der Waals surface area contributed by atoms with Gasteiger partial charge in [0.1, 0.15) is 5.78 Å². The van der Waals surface area contributed by atoms with E-state index < -0.39 is 0 Å². The molecule has 0 amide bonds. The van der Waals surface area contributed by atoms with Crippen LogP contribution in [0.1, 0.15) is 42.7 Å². The van der Waals surface area contributed by atoms with E-state index in [2.05, 4.69) is 29.2 Å². The van der Waals surface area contributed by atoms with Crippen LogP contribution in [0, 0.1) is 0 Å². The van der Waals surface area contributed by atoms with E-state index in [4.69, 9.17) is 0 Å². The quantitative estimate of drug-likeness (QED) is 0.758. The number of Topliss-reactive ketones (excluding diaryl/α,β-unsaturated/α-hetero) is 1. The minimum Gasteiger partial charge on any atom is -0.303 e. The molecule has 0 spiro atoms. The highest BCUT2D eigenvalue weighted by atomic mass is 35.5. The number of carbonyl (C=O) groups excluding carboxylic acids is 1. The third kappa shape index (κ3) is 4.93. The second-order valence-corrected chi connectivity index (χ2v) is 6.37. The zero-order valence-corrected chi connectivity index (χ0v) is 14.9. The Hall–Kier alpha value is -1.64. The van der Waals surface area contributed by atoms with E-state index in [9.17, 15) is 4.79 Å². The van der Waals surface area contributed by atoms with Crippen LogP contribution in [0.2, 0.25) is 0 Å². The second-order valence-electron chi connectivity index (χ2n) is 6.37. The normalized spacial score (nSPS) is 15.0. The Morgan fingerprint density at radius 1 is 0.833 bits per heavy atom. The van der Waals surface area contributed by atoms with Gasteiger partial charge in [-0.05, 0) is 37.1 Å². The third-order valence-electron chi connectivity index (χ3n) is 4.71. The lowest BCUT2D eigenvalue weighted by Gasteiger charge is -2.27. The number of rotatable bonds is 6. The van der Waals surface area contributed by atoms with Gasteiger partial charge < -0.3 is 4.90 Å². The van der Waals surface area contributed by atoms with Crippen LogP contribution in [-0.4, -0.2) is 30.3 Å². The van der Waals surface area contributed by atoms with Crippen LogP contribution in [0.15, 0.2) is 60.7 Å². The van der Waals surface area contributed by atoms with E-state index in [-0.39, 0.29) is 18.3 Å². The fourth-order valence-electron chi connectivity index (χ4n) is 3.45. The molecule has 0 unspecified atom stereocenters. The number of benzene rings is 2. The number of hydrogen-bond donors (Lipinski definition) is 0. The highest BCUT2D eigenvalue weighted by Gasteiger charge is 2.23. The summed E-state index contributed by atoms with van der Waals surface area (Å²) < 4.78 is 0. The van der Waals surface area contributed by atoms with E-state index in [1.54, 1.807) is 0 Å². The maximum absolute atomic E-state index is 13.0. The SMILES string of the molecule is Cl.O=C(CCN1CCCCC1)C(c1ccccc1)c1ccccc1. The van der Waals surface area contributed by atoms with E-state index >= 15 is 0 Å². The molecular formula is C21H26ClNO. The number of ketones is 1. The molecule has 128 valence electrons. The summed E-state index contributed by atoms with van der Waals surface area (Å²) >= 11 is 0. The van der Waals surface area contributed by atoms with E-state index in [1.165, 1.54) is 19.3 Å². The first kappa shape index (κ1) is 18.7. The fraction of sp³-hybridized carbons (Fsp3) is 0.381. The Labute approximate surface area is 151 Å². The Morgan fingerprint density at radius 2 is 1.33 bits per heavy atom. The molecule has 0 aliphatic carbocycles. The molecule has 0 radical (unpaired) electrons. The van der Waals surface area contributed by atoms with Gasteiger partial charge in [-0.25, -0.2) is 0 Å². The van der Waals surface area contributed by atoms with Gasteiger partial charge in [-0.2, -0.15) is 0 Å². The van der Waals surface area contributed by atoms with Crippen LogP contribution in [-0.2, 0) is 4.79 Å². The molecule has 3 heteroatoms. The summed E-state index contributed by atoms with van der Waals surface area (Å²) in [5, 5.41) is 0. The van der Waals surface area contributed by atoms with Crippen molar-refractivity contribution in [3.63, 3.8) is 0 Å². The lowest BCUT2D eigenvalue weighted by atomic mass is 9.86. The van der Waals surface area contributed by atoms with Gasteiger partial charge in [0.25, 0.3) is 0 Å². The van der Waals surface area contributed by atoms with Crippen molar-refractivity contribution >= 4 is 18.2 Å². The first-order valence-corrected chi connectivity index (χ1v) is 8.69. The number of nitrogens with zero attached hydrogens (tertiary/aromatic N) is 1. The van der Waals surface area contributed by atoms with Crippen LogP contribution < -0.4 is 0 Å². The van der Waals surface area contributed by atoms with Gasteiger partial charge in [-0.3, -0.25) is 4.79 Å². The molecule has 2 aromatic rings. The zero-order valence-electron chi connectivity index (χ0n) is 14.1. The Balaban J connectivity index is 0.00000208. The summed E-state index contributed by atoms with van der Waals surface area (Å²) in [4.78, 5) is 15.4. The van der Waals surface area contributed by atoms with Gasteiger partial charge in [0, 0.05) is 13.0 Å². The van der Waals surface area contributed by atoms with Crippen LogP contribution in [0.3, 0.4) is 0 Å². The number of likely N-dealkylation sites (tertiary alicyclic amines) is 1. The molecule has 0 bridgehead atoms.